The highest BCUT2D eigenvalue weighted by molar-refractivity contribution is 5.31. The van der Waals surface area contributed by atoms with Crippen molar-refractivity contribution < 1.29 is 0 Å². The van der Waals surface area contributed by atoms with Crippen molar-refractivity contribution in [3.05, 3.63) is 35.4 Å². The normalized spacial score (nSPS) is 30.9. The highest BCUT2D eigenvalue weighted by Gasteiger charge is 2.23. The van der Waals surface area contributed by atoms with Crippen molar-refractivity contribution >= 4 is 0 Å². The lowest BCUT2D eigenvalue weighted by Crippen LogP contribution is -2.26. The molecule has 1 aromatic rings. The third-order valence-corrected chi connectivity index (χ3v) is 5.08. The van der Waals surface area contributed by atoms with Gasteiger partial charge in [-0.05, 0) is 61.6 Å². The Bertz CT molecular complexity index is 412. The van der Waals surface area contributed by atoms with Gasteiger partial charge in [-0.2, -0.15) is 0 Å². The largest absolute Gasteiger partial charge is 0.310 e. The number of fused-ring (bicyclic) bond motifs is 1. The summed E-state index contributed by atoms with van der Waals surface area (Å²) >= 11 is 0. The van der Waals surface area contributed by atoms with Crippen LogP contribution in [0.15, 0.2) is 24.3 Å². The average Bonchev–Trinajstić information content (AvgIpc) is 2.73. The fourth-order valence-electron chi connectivity index (χ4n) is 3.95. The molecule has 0 spiro atoms. The Morgan fingerprint density at radius 1 is 1.11 bits per heavy atom. The van der Waals surface area contributed by atoms with E-state index >= 15 is 0 Å². The molecule has 1 heteroatoms. The zero-order chi connectivity index (χ0) is 13.1. The zero-order valence-corrected chi connectivity index (χ0v) is 12.2. The van der Waals surface area contributed by atoms with Gasteiger partial charge in [-0.3, -0.25) is 0 Å². The predicted molar refractivity (Wildman–Crippen MR) is 81.2 cm³/mol. The molecule has 2 aliphatic carbocycles. The second-order valence-corrected chi connectivity index (χ2v) is 6.69. The molecule has 0 bridgehead atoms. The molecular weight excluding hydrogens is 230 g/mol. The quantitative estimate of drug-likeness (QED) is 0.787. The first-order valence-electron chi connectivity index (χ1n) is 8.14. The Hall–Kier alpha value is -0.820. The van der Waals surface area contributed by atoms with Crippen LogP contribution in [-0.4, -0.2) is 6.54 Å². The molecule has 104 valence electrons. The fourth-order valence-corrected chi connectivity index (χ4v) is 3.95. The molecule has 0 saturated heterocycles. The van der Waals surface area contributed by atoms with Gasteiger partial charge in [0.2, 0.25) is 0 Å². The van der Waals surface area contributed by atoms with Gasteiger partial charge in [0.25, 0.3) is 0 Å². The Morgan fingerprint density at radius 2 is 2.00 bits per heavy atom. The van der Waals surface area contributed by atoms with Crippen LogP contribution in [0.25, 0.3) is 0 Å². The lowest BCUT2D eigenvalue weighted by atomic mass is 9.98. The molecule has 0 aromatic heterocycles. The summed E-state index contributed by atoms with van der Waals surface area (Å²) in [5, 5.41) is 3.88. The molecule has 1 saturated carbocycles. The third kappa shape index (κ3) is 3.20. The number of nitrogens with one attached hydrogen (secondary N) is 1. The van der Waals surface area contributed by atoms with E-state index in [0.717, 1.165) is 11.8 Å². The standard InChI is InChI=1S/C18H27N/c1-14-10-11-15(12-14)13-19-18-9-5-3-7-16-6-2-4-8-17(16)18/h2,4,6,8,14-15,18-19H,3,5,7,9-13H2,1H3. The van der Waals surface area contributed by atoms with Crippen LogP contribution in [0.2, 0.25) is 0 Å². The van der Waals surface area contributed by atoms with Gasteiger partial charge in [0.05, 0.1) is 0 Å². The highest BCUT2D eigenvalue weighted by Crippen LogP contribution is 2.32. The maximum Gasteiger partial charge on any atom is 0.0323 e. The van der Waals surface area contributed by atoms with E-state index in [-0.39, 0.29) is 0 Å². The summed E-state index contributed by atoms with van der Waals surface area (Å²) in [6.07, 6.45) is 9.62. The summed E-state index contributed by atoms with van der Waals surface area (Å²) in [7, 11) is 0. The van der Waals surface area contributed by atoms with E-state index in [4.69, 9.17) is 0 Å². The minimum absolute atomic E-state index is 0.606. The number of hydrogen-bond donors (Lipinski definition) is 1. The lowest BCUT2D eigenvalue weighted by Gasteiger charge is -2.21. The molecule has 3 unspecified atom stereocenters. The van der Waals surface area contributed by atoms with Gasteiger partial charge < -0.3 is 5.32 Å². The summed E-state index contributed by atoms with van der Waals surface area (Å²) in [5.74, 6) is 1.87. The van der Waals surface area contributed by atoms with E-state index in [2.05, 4.69) is 36.5 Å². The predicted octanol–water partition coefficient (Wildman–Crippen LogP) is 4.48. The van der Waals surface area contributed by atoms with Crippen molar-refractivity contribution in [2.75, 3.05) is 6.54 Å². The van der Waals surface area contributed by atoms with Gasteiger partial charge >= 0.3 is 0 Å². The lowest BCUT2D eigenvalue weighted by molar-refractivity contribution is 0.411. The minimum atomic E-state index is 0.606. The van der Waals surface area contributed by atoms with Gasteiger partial charge in [0.1, 0.15) is 0 Å². The molecule has 1 nitrogen and oxygen atoms in total. The van der Waals surface area contributed by atoms with Crippen molar-refractivity contribution in [2.45, 2.75) is 57.9 Å². The van der Waals surface area contributed by atoms with Crippen molar-refractivity contribution in [3.63, 3.8) is 0 Å². The second kappa shape index (κ2) is 6.09. The Balaban J connectivity index is 1.64. The molecule has 0 amide bonds. The van der Waals surface area contributed by atoms with Crippen LogP contribution in [-0.2, 0) is 6.42 Å². The Labute approximate surface area is 117 Å². The second-order valence-electron chi connectivity index (χ2n) is 6.69. The van der Waals surface area contributed by atoms with E-state index < -0.39 is 0 Å². The molecule has 1 N–H and O–H groups in total. The monoisotopic (exact) mass is 257 g/mol. The number of aryl methyl sites for hydroxylation is 1. The average molecular weight is 257 g/mol. The van der Waals surface area contributed by atoms with Gasteiger partial charge in [-0.1, -0.05) is 44.0 Å². The van der Waals surface area contributed by atoms with Crippen molar-refractivity contribution in [2.24, 2.45) is 11.8 Å². The molecule has 19 heavy (non-hydrogen) atoms. The minimum Gasteiger partial charge on any atom is -0.310 e. The van der Waals surface area contributed by atoms with Gasteiger partial charge in [-0.15, -0.1) is 0 Å². The molecule has 1 aromatic carbocycles. The van der Waals surface area contributed by atoms with E-state index in [1.807, 2.05) is 0 Å². The van der Waals surface area contributed by atoms with E-state index in [9.17, 15) is 0 Å². The van der Waals surface area contributed by atoms with Crippen LogP contribution in [0.5, 0.6) is 0 Å². The van der Waals surface area contributed by atoms with Crippen LogP contribution < -0.4 is 5.32 Å². The highest BCUT2D eigenvalue weighted by atomic mass is 14.9. The molecule has 3 rings (SSSR count). The first-order valence-corrected chi connectivity index (χ1v) is 8.14. The fraction of sp³-hybridized carbons (Fsp3) is 0.667. The van der Waals surface area contributed by atoms with Crippen LogP contribution in [0.1, 0.15) is 62.6 Å². The first kappa shape index (κ1) is 13.2. The summed E-state index contributed by atoms with van der Waals surface area (Å²) in [6.45, 7) is 3.63. The number of benzene rings is 1. The maximum absolute atomic E-state index is 3.88. The van der Waals surface area contributed by atoms with Crippen LogP contribution >= 0.6 is 0 Å². The number of hydrogen-bond acceptors (Lipinski definition) is 1. The first-order chi connectivity index (χ1) is 9.33. The third-order valence-electron chi connectivity index (χ3n) is 5.08. The smallest absolute Gasteiger partial charge is 0.0323 e. The molecule has 0 radical (unpaired) electrons. The van der Waals surface area contributed by atoms with Crippen molar-refractivity contribution in [3.8, 4) is 0 Å². The summed E-state index contributed by atoms with van der Waals surface area (Å²) in [6, 6.07) is 9.67. The van der Waals surface area contributed by atoms with E-state index in [1.165, 1.54) is 51.5 Å². The van der Waals surface area contributed by atoms with Crippen LogP contribution in [0.4, 0.5) is 0 Å². The molecule has 0 aliphatic heterocycles. The number of rotatable bonds is 3. The summed E-state index contributed by atoms with van der Waals surface area (Å²) in [4.78, 5) is 0. The van der Waals surface area contributed by atoms with Crippen molar-refractivity contribution in [1.82, 2.24) is 5.32 Å². The Morgan fingerprint density at radius 3 is 2.84 bits per heavy atom. The molecule has 3 atom stereocenters. The van der Waals surface area contributed by atoms with Crippen LogP contribution in [0, 0.1) is 11.8 Å². The Kier molecular flexibility index (Phi) is 4.22. The SMILES string of the molecule is CC1CCC(CNC2CCCCc3ccccc32)C1. The molecule has 2 aliphatic rings. The van der Waals surface area contributed by atoms with Gasteiger partial charge in [0.15, 0.2) is 0 Å². The van der Waals surface area contributed by atoms with E-state index in [1.54, 1.807) is 11.1 Å². The zero-order valence-electron chi connectivity index (χ0n) is 12.2. The summed E-state index contributed by atoms with van der Waals surface area (Å²) in [5.41, 5.74) is 3.16. The van der Waals surface area contributed by atoms with Crippen molar-refractivity contribution in [1.29, 1.82) is 0 Å². The molecule has 1 fully saturated rings. The van der Waals surface area contributed by atoms with Gasteiger partial charge in [0, 0.05) is 6.04 Å². The van der Waals surface area contributed by atoms with E-state index in [0.29, 0.717) is 6.04 Å². The topological polar surface area (TPSA) is 12.0 Å². The van der Waals surface area contributed by atoms with Crippen LogP contribution in [0.3, 0.4) is 0 Å². The summed E-state index contributed by atoms with van der Waals surface area (Å²) < 4.78 is 0. The molecule has 0 heterocycles. The maximum atomic E-state index is 3.88. The molecular formula is C18H27N. The van der Waals surface area contributed by atoms with Gasteiger partial charge in [-0.25, -0.2) is 0 Å².